The van der Waals surface area contributed by atoms with E-state index in [0.29, 0.717) is 6.54 Å². The first-order valence-corrected chi connectivity index (χ1v) is 4.84. The Hall–Kier alpha value is -1.90. The molecule has 0 radical (unpaired) electrons. The maximum Gasteiger partial charge on any atom is 0.348 e. The number of nitrogens with zero attached hydrogens (tertiary/aromatic N) is 2. The van der Waals surface area contributed by atoms with Crippen LogP contribution in [-0.2, 0) is 6.54 Å². The molecule has 0 atom stereocenters. The van der Waals surface area contributed by atoms with E-state index in [2.05, 4.69) is 4.98 Å². The molecule has 0 unspecified atom stereocenters. The van der Waals surface area contributed by atoms with Gasteiger partial charge in [-0.15, -0.1) is 0 Å². The van der Waals surface area contributed by atoms with Gasteiger partial charge in [0.2, 0.25) is 0 Å². The van der Waals surface area contributed by atoms with Crippen LogP contribution < -0.4 is 5.69 Å². The van der Waals surface area contributed by atoms with Crippen molar-refractivity contribution < 1.29 is 0 Å². The van der Waals surface area contributed by atoms with Crippen LogP contribution in [0.3, 0.4) is 0 Å². The van der Waals surface area contributed by atoms with Crippen LogP contribution in [0.5, 0.6) is 0 Å². The van der Waals surface area contributed by atoms with Gasteiger partial charge in [-0.2, -0.15) is 4.98 Å². The number of hydrogen-bond donors (Lipinski definition) is 0. The highest BCUT2D eigenvalue weighted by molar-refractivity contribution is 5.15. The molecule has 1 aromatic carbocycles. The molecular formula is C12H12N2O. The summed E-state index contributed by atoms with van der Waals surface area (Å²) in [7, 11) is 0. The molecule has 2 aromatic rings. The van der Waals surface area contributed by atoms with Crippen molar-refractivity contribution in [1.82, 2.24) is 9.55 Å². The van der Waals surface area contributed by atoms with Crippen molar-refractivity contribution in [2.45, 2.75) is 13.5 Å². The molecule has 15 heavy (non-hydrogen) atoms. The molecular weight excluding hydrogens is 188 g/mol. The van der Waals surface area contributed by atoms with Gasteiger partial charge in [0.05, 0.1) is 6.54 Å². The number of rotatable bonds is 2. The monoisotopic (exact) mass is 200 g/mol. The maximum absolute atomic E-state index is 11.5. The minimum atomic E-state index is -0.196. The van der Waals surface area contributed by atoms with Crippen LogP contribution in [0.25, 0.3) is 0 Å². The minimum absolute atomic E-state index is 0.196. The van der Waals surface area contributed by atoms with Crippen molar-refractivity contribution in [3.63, 3.8) is 0 Å². The Bertz CT molecular complexity index is 503. The van der Waals surface area contributed by atoms with Crippen LogP contribution in [0.4, 0.5) is 0 Å². The lowest BCUT2D eigenvalue weighted by Gasteiger charge is -2.04. The number of aryl methyl sites for hydroxylation is 1. The molecule has 0 fully saturated rings. The van der Waals surface area contributed by atoms with Crippen molar-refractivity contribution in [2.75, 3.05) is 0 Å². The van der Waals surface area contributed by atoms with E-state index in [1.807, 2.05) is 43.3 Å². The summed E-state index contributed by atoms with van der Waals surface area (Å²) in [6.45, 7) is 2.39. The number of benzene rings is 1. The molecule has 0 aliphatic rings. The first kappa shape index (κ1) is 9.65. The zero-order valence-electron chi connectivity index (χ0n) is 8.55. The van der Waals surface area contributed by atoms with E-state index < -0.39 is 0 Å². The summed E-state index contributed by atoms with van der Waals surface area (Å²) < 4.78 is 1.60. The topological polar surface area (TPSA) is 34.9 Å². The summed E-state index contributed by atoms with van der Waals surface area (Å²) in [5, 5.41) is 0. The van der Waals surface area contributed by atoms with Crippen LogP contribution >= 0.6 is 0 Å². The summed E-state index contributed by atoms with van der Waals surface area (Å²) in [6.07, 6.45) is 1.78. The smallest absolute Gasteiger partial charge is 0.295 e. The summed E-state index contributed by atoms with van der Waals surface area (Å²) >= 11 is 0. The summed E-state index contributed by atoms with van der Waals surface area (Å²) in [5.41, 5.74) is 1.66. The minimum Gasteiger partial charge on any atom is -0.295 e. The highest BCUT2D eigenvalue weighted by Crippen LogP contribution is 2.00. The van der Waals surface area contributed by atoms with Gasteiger partial charge in [0.15, 0.2) is 0 Å². The third-order valence-electron chi connectivity index (χ3n) is 2.21. The largest absolute Gasteiger partial charge is 0.348 e. The highest BCUT2D eigenvalue weighted by atomic mass is 16.1. The third-order valence-corrected chi connectivity index (χ3v) is 2.21. The molecule has 1 aromatic heterocycles. The Balaban J connectivity index is 2.29. The Morgan fingerprint density at radius 1 is 1.20 bits per heavy atom. The van der Waals surface area contributed by atoms with Crippen LogP contribution in [0.2, 0.25) is 0 Å². The molecule has 0 spiro atoms. The molecule has 2 rings (SSSR count). The van der Waals surface area contributed by atoms with Crippen LogP contribution in [0, 0.1) is 6.92 Å². The molecule has 0 saturated carbocycles. The lowest BCUT2D eigenvalue weighted by Crippen LogP contribution is -2.23. The third kappa shape index (κ3) is 2.31. The Morgan fingerprint density at radius 2 is 1.93 bits per heavy atom. The van der Waals surface area contributed by atoms with Gasteiger partial charge < -0.3 is 0 Å². The molecule has 0 saturated heterocycles. The Labute approximate surface area is 88.0 Å². The van der Waals surface area contributed by atoms with E-state index in [9.17, 15) is 4.79 Å². The second-order valence-corrected chi connectivity index (χ2v) is 3.46. The molecule has 0 bridgehead atoms. The van der Waals surface area contributed by atoms with Gasteiger partial charge in [-0.05, 0) is 18.6 Å². The van der Waals surface area contributed by atoms with Gasteiger partial charge in [0.1, 0.15) is 0 Å². The van der Waals surface area contributed by atoms with E-state index in [1.165, 1.54) is 0 Å². The Morgan fingerprint density at radius 3 is 2.60 bits per heavy atom. The van der Waals surface area contributed by atoms with Gasteiger partial charge in [-0.25, -0.2) is 4.79 Å². The molecule has 3 heteroatoms. The van der Waals surface area contributed by atoms with Crippen molar-refractivity contribution >= 4 is 0 Å². The predicted molar refractivity (Wildman–Crippen MR) is 58.8 cm³/mol. The zero-order valence-corrected chi connectivity index (χ0v) is 8.55. The Kier molecular flexibility index (Phi) is 2.63. The van der Waals surface area contributed by atoms with Crippen molar-refractivity contribution in [2.24, 2.45) is 0 Å². The zero-order chi connectivity index (χ0) is 10.7. The molecule has 0 N–H and O–H groups in total. The lowest BCUT2D eigenvalue weighted by atomic mass is 10.2. The lowest BCUT2D eigenvalue weighted by molar-refractivity contribution is 0.720. The molecule has 3 nitrogen and oxygen atoms in total. The van der Waals surface area contributed by atoms with Gasteiger partial charge in [0.25, 0.3) is 0 Å². The SMILES string of the molecule is Cc1ccn(Cc2ccccc2)c(=O)n1. The predicted octanol–water partition coefficient (Wildman–Crippen LogP) is 1.60. The summed E-state index contributed by atoms with van der Waals surface area (Å²) in [6, 6.07) is 11.7. The molecule has 0 amide bonds. The van der Waals surface area contributed by atoms with Gasteiger partial charge >= 0.3 is 5.69 Å². The second kappa shape index (κ2) is 4.09. The summed E-state index contributed by atoms with van der Waals surface area (Å²) in [4.78, 5) is 15.4. The first-order valence-electron chi connectivity index (χ1n) is 4.84. The normalized spacial score (nSPS) is 10.2. The van der Waals surface area contributed by atoms with Crippen molar-refractivity contribution in [3.05, 3.63) is 64.3 Å². The maximum atomic E-state index is 11.5. The van der Waals surface area contributed by atoms with E-state index in [0.717, 1.165) is 11.3 Å². The quantitative estimate of drug-likeness (QED) is 0.738. The van der Waals surface area contributed by atoms with Gasteiger partial charge in [-0.1, -0.05) is 30.3 Å². The van der Waals surface area contributed by atoms with Crippen LogP contribution in [-0.4, -0.2) is 9.55 Å². The molecule has 0 aliphatic heterocycles. The average molecular weight is 200 g/mol. The molecule has 0 aliphatic carbocycles. The first-order chi connectivity index (χ1) is 7.25. The van der Waals surface area contributed by atoms with Crippen LogP contribution in [0.1, 0.15) is 11.3 Å². The fourth-order valence-electron chi connectivity index (χ4n) is 1.41. The summed E-state index contributed by atoms with van der Waals surface area (Å²) in [5.74, 6) is 0. The number of hydrogen-bond acceptors (Lipinski definition) is 2. The van der Waals surface area contributed by atoms with Crippen molar-refractivity contribution in [3.8, 4) is 0 Å². The fourth-order valence-corrected chi connectivity index (χ4v) is 1.41. The molecule has 1 heterocycles. The van der Waals surface area contributed by atoms with E-state index in [4.69, 9.17) is 0 Å². The molecule has 76 valence electrons. The second-order valence-electron chi connectivity index (χ2n) is 3.46. The fraction of sp³-hybridized carbons (Fsp3) is 0.167. The van der Waals surface area contributed by atoms with E-state index in [-0.39, 0.29) is 5.69 Å². The van der Waals surface area contributed by atoms with Crippen LogP contribution in [0.15, 0.2) is 47.4 Å². The van der Waals surface area contributed by atoms with Gasteiger partial charge in [0, 0.05) is 11.9 Å². The van der Waals surface area contributed by atoms with Gasteiger partial charge in [-0.3, -0.25) is 4.57 Å². The van der Waals surface area contributed by atoms with E-state index in [1.54, 1.807) is 10.8 Å². The highest BCUT2D eigenvalue weighted by Gasteiger charge is 1.98. The standard InChI is InChI=1S/C12H12N2O/c1-10-7-8-14(12(15)13-10)9-11-5-3-2-4-6-11/h2-8H,9H2,1H3. The average Bonchev–Trinajstić information content (AvgIpc) is 2.24. The van der Waals surface area contributed by atoms with Crippen molar-refractivity contribution in [1.29, 1.82) is 0 Å². The van der Waals surface area contributed by atoms with E-state index >= 15 is 0 Å². The number of aromatic nitrogens is 2.